The Kier molecular flexibility index (Phi) is 6.87. The van der Waals surface area contributed by atoms with E-state index in [1.807, 2.05) is 25.1 Å². The van der Waals surface area contributed by atoms with E-state index in [-0.39, 0.29) is 12.1 Å². The molecule has 1 aromatic carbocycles. The van der Waals surface area contributed by atoms with Crippen LogP contribution in [0.5, 0.6) is 5.75 Å². The average Bonchev–Trinajstić information content (AvgIpc) is 2.99. The van der Waals surface area contributed by atoms with Crippen LogP contribution in [-0.2, 0) is 4.74 Å². The Morgan fingerprint density at radius 1 is 1.38 bits per heavy atom. The van der Waals surface area contributed by atoms with Crippen molar-refractivity contribution in [2.45, 2.75) is 39.3 Å². The van der Waals surface area contributed by atoms with Crippen molar-refractivity contribution in [1.29, 1.82) is 0 Å². The molecule has 1 fully saturated rings. The molecular formula is C18H29N3O3. The Bertz CT molecular complexity index is 548. The molecule has 0 saturated carbocycles. The molecule has 6 nitrogen and oxygen atoms in total. The zero-order valence-electron chi connectivity index (χ0n) is 15.1. The van der Waals surface area contributed by atoms with Crippen LogP contribution in [0.3, 0.4) is 0 Å². The summed E-state index contributed by atoms with van der Waals surface area (Å²) in [6, 6.07) is 6.25. The number of amides is 2. The molecule has 6 heteroatoms. The molecule has 1 unspecified atom stereocenters. The van der Waals surface area contributed by atoms with Crippen molar-refractivity contribution in [2.24, 2.45) is 0 Å². The van der Waals surface area contributed by atoms with Crippen LogP contribution in [0.1, 0.15) is 25.8 Å². The SMILES string of the molecule is COCCOc1cc(C)ccc1NC(=O)NC1CCN(C(C)C)C1. The maximum Gasteiger partial charge on any atom is 0.319 e. The van der Waals surface area contributed by atoms with E-state index in [2.05, 4.69) is 29.4 Å². The number of carbonyl (C=O) groups excluding carboxylic acids is 1. The van der Waals surface area contributed by atoms with E-state index in [9.17, 15) is 4.79 Å². The lowest BCUT2D eigenvalue weighted by Crippen LogP contribution is -2.40. The highest BCUT2D eigenvalue weighted by Gasteiger charge is 2.25. The molecule has 1 saturated heterocycles. The maximum atomic E-state index is 12.3. The standard InChI is InChI=1S/C18H29N3O3/c1-13(2)21-8-7-15(12-21)19-18(22)20-16-6-5-14(3)11-17(16)24-10-9-23-4/h5-6,11,13,15H,7-10,12H2,1-4H3,(H2,19,20,22). The smallest absolute Gasteiger partial charge is 0.319 e. The summed E-state index contributed by atoms with van der Waals surface area (Å²) >= 11 is 0. The number of aryl methyl sites for hydroxylation is 1. The Hall–Kier alpha value is -1.79. The van der Waals surface area contributed by atoms with Crippen LogP contribution < -0.4 is 15.4 Å². The van der Waals surface area contributed by atoms with E-state index < -0.39 is 0 Å². The van der Waals surface area contributed by atoms with Gasteiger partial charge in [0.2, 0.25) is 0 Å². The third kappa shape index (κ3) is 5.39. The number of rotatable bonds is 7. The fourth-order valence-electron chi connectivity index (χ4n) is 2.81. The Morgan fingerprint density at radius 3 is 2.83 bits per heavy atom. The van der Waals surface area contributed by atoms with Crippen molar-refractivity contribution in [1.82, 2.24) is 10.2 Å². The van der Waals surface area contributed by atoms with Gasteiger partial charge in [-0.05, 0) is 44.9 Å². The number of methoxy groups -OCH3 is 1. The van der Waals surface area contributed by atoms with Crippen molar-refractivity contribution >= 4 is 11.7 Å². The van der Waals surface area contributed by atoms with E-state index in [0.29, 0.717) is 30.7 Å². The Morgan fingerprint density at radius 2 is 2.17 bits per heavy atom. The highest BCUT2D eigenvalue weighted by Crippen LogP contribution is 2.25. The lowest BCUT2D eigenvalue weighted by atomic mass is 10.2. The summed E-state index contributed by atoms with van der Waals surface area (Å²) in [5, 5.41) is 5.95. The molecule has 0 spiro atoms. The molecule has 2 N–H and O–H groups in total. The molecule has 1 aromatic rings. The van der Waals surface area contributed by atoms with Crippen LogP contribution in [0.2, 0.25) is 0 Å². The molecule has 0 radical (unpaired) electrons. The summed E-state index contributed by atoms with van der Waals surface area (Å²) in [5.41, 5.74) is 1.75. The van der Waals surface area contributed by atoms with E-state index in [0.717, 1.165) is 25.1 Å². The second kappa shape index (κ2) is 8.89. The van der Waals surface area contributed by atoms with Gasteiger partial charge in [0.15, 0.2) is 0 Å². The Labute approximate surface area is 144 Å². The molecule has 0 bridgehead atoms. The quantitative estimate of drug-likeness (QED) is 0.752. The third-order valence-corrected chi connectivity index (χ3v) is 4.22. The molecule has 24 heavy (non-hydrogen) atoms. The van der Waals surface area contributed by atoms with Crippen molar-refractivity contribution in [2.75, 3.05) is 38.7 Å². The number of likely N-dealkylation sites (tertiary alicyclic amines) is 1. The second-order valence-electron chi connectivity index (χ2n) is 6.51. The van der Waals surface area contributed by atoms with Crippen molar-refractivity contribution in [3.8, 4) is 5.75 Å². The number of nitrogens with zero attached hydrogens (tertiary/aromatic N) is 1. The first kappa shape index (κ1) is 18.5. The predicted octanol–water partition coefficient (Wildman–Crippen LogP) is 2.62. The van der Waals surface area contributed by atoms with Crippen molar-refractivity contribution in [3.63, 3.8) is 0 Å². The molecule has 0 aliphatic carbocycles. The maximum absolute atomic E-state index is 12.3. The van der Waals surface area contributed by atoms with Gasteiger partial charge < -0.3 is 20.1 Å². The molecule has 2 amide bonds. The number of benzene rings is 1. The van der Waals surface area contributed by atoms with Gasteiger partial charge in [-0.25, -0.2) is 4.79 Å². The fourth-order valence-corrected chi connectivity index (χ4v) is 2.81. The fraction of sp³-hybridized carbons (Fsp3) is 0.611. The molecule has 0 aromatic heterocycles. The second-order valence-corrected chi connectivity index (χ2v) is 6.51. The Balaban J connectivity index is 1.91. The molecule has 2 rings (SSSR count). The summed E-state index contributed by atoms with van der Waals surface area (Å²) in [5.74, 6) is 0.664. The van der Waals surface area contributed by atoms with Crippen LogP contribution in [0.25, 0.3) is 0 Å². The molecular weight excluding hydrogens is 306 g/mol. The average molecular weight is 335 g/mol. The lowest BCUT2D eigenvalue weighted by molar-refractivity contribution is 0.146. The summed E-state index contributed by atoms with van der Waals surface area (Å²) in [4.78, 5) is 14.7. The first-order valence-corrected chi connectivity index (χ1v) is 8.53. The van der Waals surface area contributed by atoms with Gasteiger partial charge in [-0.15, -0.1) is 0 Å². The van der Waals surface area contributed by atoms with Crippen LogP contribution in [0, 0.1) is 6.92 Å². The highest BCUT2D eigenvalue weighted by atomic mass is 16.5. The van der Waals surface area contributed by atoms with E-state index in [1.54, 1.807) is 7.11 Å². The van der Waals surface area contributed by atoms with Gasteiger partial charge in [-0.3, -0.25) is 4.90 Å². The van der Waals surface area contributed by atoms with Crippen molar-refractivity contribution in [3.05, 3.63) is 23.8 Å². The molecule has 1 heterocycles. The number of hydrogen-bond donors (Lipinski definition) is 2. The van der Waals surface area contributed by atoms with Gasteiger partial charge in [0, 0.05) is 32.3 Å². The number of ether oxygens (including phenoxy) is 2. The first-order chi connectivity index (χ1) is 11.5. The zero-order chi connectivity index (χ0) is 17.5. The van der Waals surface area contributed by atoms with Crippen LogP contribution in [0.15, 0.2) is 18.2 Å². The van der Waals surface area contributed by atoms with E-state index >= 15 is 0 Å². The first-order valence-electron chi connectivity index (χ1n) is 8.53. The zero-order valence-corrected chi connectivity index (χ0v) is 15.1. The number of urea groups is 1. The lowest BCUT2D eigenvalue weighted by Gasteiger charge is -2.20. The summed E-state index contributed by atoms with van der Waals surface area (Å²) < 4.78 is 10.7. The largest absolute Gasteiger partial charge is 0.489 e. The van der Waals surface area contributed by atoms with Gasteiger partial charge in [-0.1, -0.05) is 6.07 Å². The predicted molar refractivity (Wildman–Crippen MR) is 95.8 cm³/mol. The number of carbonyl (C=O) groups is 1. The van der Waals surface area contributed by atoms with Crippen LogP contribution in [0.4, 0.5) is 10.5 Å². The monoisotopic (exact) mass is 335 g/mol. The normalized spacial score (nSPS) is 18.0. The minimum absolute atomic E-state index is 0.189. The molecule has 134 valence electrons. The van der Waals surface area contributed by atoms with Crippen LogP contribution >= 0.6 is 0 Å². The van der Waals surface area contributed by atoms with Gasteiger partial charge in [0.05, 0.1) is 12.3 Å². The van der Waals surface area contributed by atoms with Crippen LogP contribution in [-0.4, -0.2) is 56.4 Å². The minimum Gasteiger partial charge on any atom is -0.489 e. The summed E-state index contributed by atoms with van der Waals surface area (Å²) in [6.45, 7) is 9.23. The van der Waals surface area contributed by atoms with E-state index in [1.165, 1.54) is 0 Å². The van der Waals surface area contributed by atoms with Gasteiger partial charge >= 0.3 is 6.03 Å². The number of anilines is 1. The summed E-state index contributed by atoms with van der Waals surface area (Å²) in [7, 11) is 1.63. The minimum atomic E-state index is -0.189. The third-order valence-electron chi connectivity index (χ3n) is 4.22. The number of hydrogen-bond acceptors (Lipinski definition) is 4. The van der Waals surface area contributed by atoms with Gasteiger partial charge in [0.25, 0.3) is 0 Å². The summed E-state index contributed by atoms with van der Waals surface area (Å²) in [6.07, 6.45) is 0.983. The van der Waals surface area contributed by atoms with Gasteiger partial charge in [-0.2, -0.15) is 0 Å². The topological polar surface area (TPSA) is 62.8 Å². The number of nitrogens with one attached hydrogen (secondary N) is 2. The van der Waals surface area contributed by atoms with E-state index in [4.69, 9.17) is 9.47 Å². The highest BCUT2D eigenvalue weighted by molar-refractivity contribution is 5.91. The van der Waals surface area contributed by atoms with Crippen molar-refractivity contribution < 1.29 is 14.3 Å². The van der Waals surface area contributed by atoms with Gasteiger partial charge in [0.1, 0.15) is 12.4 Å². The molecule has 1 atom stereocenters. The molecule has 1 aliphatic rings. The molecule has 1 aliphatic heterocycles.